The third kappa shape index (κ3) is 1.80. The lowest BCUT2D eigenvalue weighted by molar-refractivity contribution is 0.0276. The molecule has 2 fully saturated rings. The van der Waals surface area contributed by atoms with Crippen LogP contribution in [0.2, 0.25) is 0 Å². The van der Waals surface area contributed by atoms with E-state index < -0.39 is 0 Å². The van der Waals surface area contributed by atoms with Gasteiger partial charge in [-0.2, -0.15) is 0 Å². The Morgan fingerprint density at radius 2 is 1.67 bits per heavy atom. The predicted octanol–water partition coefficient (Wildman–Crippen LogP) is 1.43. The number of aliphatic hydroxyl groups is 1. The minimum absolute atomic E-state index is 0.398. The van der Waals surface area contributed by atoms with Gasteiger partial charge in [0.2, 0.25) is 0 Å². The standard InChI is InChI=1S/C10H18O2/c11-7-10(8-1-2-8)9-3-5-12-6-4-9/h8-11H,1-7H2. The number of ether oxygens (including phenoxy) is 1. The van der Waals surface area contributed by atoms with Gasteiger partial charge < -0.3 is 9.84 Å². The molecule has 2 heteroatoms. The molecule has 12 heavy (non-hydrogen) atoms. The molecule has 2 rings (SSSR count). The normalized spacial score (nSPS) is 28.8. The zero-order valence-electron chi connectivity index (χ0n) is 7.54. The highest BCUT2D eigenvalue weighted by molar-refractivity contribution is 4.86. The van der Waals surface area contributed by atoms with Crippen LogP contribution < -0.4 is 0 Å². The van der Waals surface area contributed by atoms with Crippen LogP contribution >= 0.6 is 0 Å². The Balaban J connectivity index is 1.85. The molecule has 1 saturated heterocycles. The summed E-state index contributed by atoms with van der Waals surface area (Å²) in [5, 5.41) is 9.25. The molecule has 1 heterocycles. The van der Waals surface area contributed by atoms with Crippen molar-refractivity contribution in [1.82, 2.24) is 0 Å². The third-order valence-corrected chi connectivity index (χ3v) is 3.31. The molecule has 0 aromatic rings. The molecule has 1 unspecified atom stereocenters. The van der Waals surface area contributed by atoms with E-state index in [1.807, 2.05) is 0 Å². The van der Waals surface area contributed by atoms with E-state index >= 15 is 0 Å². The molecule has 1 N–H and O–H groups in total. The van der Waals surface area contributed by atoms with Gasteiger partial charge >= 0.3 is 0 Å². The SMILES string of the molecule is OCC(C1CCOCC1)C1CC1. The lowest BCUT2D eigenvalue weighted by atomic mass is 9.83. The van der Waals surface area contributed by atoms with Gasteiger partial charge in [0.15, 0.2) is 0 Å². The lowest BCUT2D eigenvalue weighted by Gasteiger charge is -2.28. The topological polar surface area (TPSA) is 29.5 Å². The van der Waals surface area contributed by atoms with Crippen molar-refractivity contribution in [3.05, 3.63) is 0 Å². The van der Waals surface area contributed by atoms with E-state index in [1.54, 1.807) is 0 Å². The van der Waals surface area contributed by atoms with E-state index in [0.29, 0.717) is 12.5 Å². The molecule has 2 nitrogen and oxygen atoms in total. The molecule has 0 aromatic carbocycles. The number of hydrogen-bond donors (Lipinski definition) is 1. The third-order valence-electron chi connectivity index (χ3n) is 3.31. The lowest BCUT2D eigenvalue weighted by Crippen LogP contribution is -2.27. The Morgan fingerprint density at radius 3 is 2.17 bits per heavy atom. The smallest absolute Gasteiger partial charge is 0.0468 e. The van der Waals surface area contributed by atoms with Crippen LogP contribution in [0.15, 0.2) is 0 Å². The van der Waals surface area contributed by atoms with Crippen molar-refractivity contribution in [2.45, 2.75) is 25.7 Å². The van der Waals surface area contributed by atoms with Gasteiger partial charge in [-0.3, -0.25) is 0 Å². The van der Waals surface area contributed by atoms with Crippen molar-refractivity contribution in [2.75, 3.05) is 19.8 Å². The van der Waals surface area contributed by atoms with Gasteiger partial charge in [-0.05, 0) is 43.4 Å². The molecule has 0 radical (unpaired) electrons. The molecule has 1 saturated carbocycles. The molecule has 70 valence electrons. The Labute approximate surface area is 73.9 Å². The van der Waals surface area contributed by atoms with Gasteiger partial charge in [0, 0.05) is 19.8 Å². The quantitative estimate of drug-likeness (QED) is 0.694. The molecular weight excluding hydrogens is 152 g/mol. The van der Waals surface area contributed by atoms with Crippen LogP contribution in [0.25, 0.3) is 0 Å². The fraction of sp³-hybridized carbons (Fsp3) is 1.00. The predicted molar refractivity (Wildman–Crippen MR) is 46.8 cm³/mol. The minimum Gasteiger partial charge on any atom is -0.396 e. The first-order valence-corrected chi connectivity index (χ1v) is 5.10. The summed E-state index contributed by atoms with van der Waals surface area (Å²) >= 11 is 0. The molecule has 1 aliphatic carbocycles. The van der Waals surface area contributed by atoms with E-state index in [1.165, 1.54) is 25.7 Å². The van der Waals surface area contributed by atoms with Crippen LogP contribution in [0.4, 0.5) is 0 Å². The highest BCUT2D eigenvalue weighted by Gasteiger charge is 2.36. The molecule has 0 spiro atoms. The first-order chi connectivity index (χ1) is 5.92. The van der Waals surface area contributed by atoms with Crippen molar-refractivity contribution in [3.63, 3.8) is 0 Å². The summed E-state index contributed by atoms with van der Waals surface area (Å²) in [5.74, 6) is 2.18. The van der Waals surface area contributed by atoms with Gasteiger partial charge in [-0.15, -0.1) is 0 Å². The van der Waals surface area contributed by atoms with E-state index in [4.69, 9.17) is 4.74 Å². The van der Waals surface area contributed by atoms with Crippen LogP contribution in [0.5, 0.6) is 0 Å². The van der Waals surface area contributed by atoms with Gasteiger partial charge in [0.25, 0.3) is 0 Å². The maximum atomic E-state index is 9.25. The number of rotatable bonds is 3. The van der Waals surface area contributed by atoms with Gasteiger partial charge in [-0.25, -0.2) is 0 Å². The Bertz CT molecular complexity index is 137. The highest BCUT2D eigenvalue weighted by atomic mass is 16.5. The van der Waals surface area contributed by atoms with E-state index in [0.717, 1.165) is 25.0 Å². The van der Waals surface area contributed by atoms with Crippen molar-refractivity contribution < 1.29 is 9.84 Å². The average Bonchev–Trinajstić information content (AvgIpc) is 2.92. The Hall–Kier alpha value is -0.0800. The monoisotopic (exact) mass is 170 g/mol. The zero-order valence-corrected chi connectivity index (χ0v) is 7.54. The Kier molecular flexibility index (Phi) is 2.66. The molecule has 1 atom stereocenters. The van der Waals surface area contributed by atoms with Crippen molar-refractivity contribution in [1.29, 1.82) is 0 Å². The second kappa shape index (κ2) is 3.75. The van der Waals surface area contributed by atoms with Crippen LogP contribution in [0.3, 0.4) is 0 Å². The van der Waals surface area contributed by atoms with E-state index in [9.17, 15) is 5.11 Å². The molecule has 1 aliphatic heterocycles. The van der Waals surface area contributed by atoms with Crippen molar-refractivity contribution in [2.24, 2.45) is 17.8 Å². The van der Waals surface area contributed by atoms with Gasteiger partial charge in [0.1, 0.15) is 0 Å². The summed E-state index contributed by atoms with van der Waals surface area (Å²) in [7, 11) is 0. The summed E-state index contributed by atoms with van der Waals surface area (Å²) in [6, 6.07) is 0. The average molecular weight is 170 g/mol. The molecular formula is C10H18O2. The first kappa shape index (κ1) is 8.52. The summed E-state index contributed by atoms with van der Waals surface area (Å²) in [6.45, 7) is 2.22. The maximum Gasteiger partial charge on any atom is 0.0468 e. The second-order valence-electron chi connectivity index (χ2n) is 4.13. The minimum atomic E-state index is 0.398. The fourth-order valence-electron chi connectivity index (χ4n) is 2.35. The van der Waals surface area contributed by atoms with Crippen LogP contribution in [-0.4, -0.2) is 24.9 Å². The molecule has 0 aromatic heterocycles. The fourth-order valence-corrected chi connectivity index (χ4v) is 2.35. The van der Waals surface area contributed by atoms with Gasteiger partial charge in [-0.1, -0.05) is 0 Å². The molecule has 0 amide bonds. The van der Waals surface area contributed by atoms with Crippen molar-refractivity contribution >= 4 is 0 Å². The molecule has 0 bridgehead atoms. The zero-order chi connectivity index (χ0) is 8.39. The van der Waals surface area contributed by atoms with Crippen LogP contribution in [0.1, 0.15) is 25.7 Å². The maximum absolute atomic E-state index is 9.25. The van der Waals surface area contributed by atoms with Gasteiger partial charge in [0.05, 0.1) is 0 Å². The highest BCUT2D eigenvalue weighted by Crippen LogP contribution is 2.42. The van der Waals surface area contributed by atoms with Crippen LogP contribution in [0, 0.1) is 17.8 Å². The first-order valence-electron chi connectivity index (χ1n) is 5.10. The van der Waals surface area contributed by atoms with E-state index in [2.05, 4.69) is 0 Å². The summed E-state index contributed by atoms with van der Waals surface area (Å²) in [6.07, 6.45) is 5.04. The van der Waals surface area contributed by atoms with E-state index in [-0.39, 0.29) is 0 Å². The number of hydrogen-bond acceptors (Lipinski definition) is 2. The molecule has 2 aliphatic rings. The van der Waals surface area contributed by atoms with Crippen LogP contribution in [-0.2, 0) is 4.74 Å². The Morgan fingerprint density at radius 1 is 1.08 bits per heavy atom. The van der Waals surface area contributed by atoms with Crippen molar-refractivity contribution in [3.8, 4) is 0 Å². The summed E-state index contributed by atoms with van der Waals surface area (Å²) in [5.41, 5.74) is 0. The largest absolute Gasteiger partial charge is 0.396 e. The number of aliphatic hydroxyl groups excluding tert-OH is 1. The second-order valence-corrected chi connectivity index (χ2v) is 4.13. The summed E-state index contributed by atoms with van der Waals surface area (Å²) < 4.78 is 5.31. The summed E-state index contributed by atoms with van der Waals surface area (Å²) in [4.78, 5) is 0.